The highest BCUT2D eigenvalue weighted by molar-refractivity contribution is 6.46. The topological polar surface area (TPSA) is 79.3 Å². The van der Waals surface area contributed by atoms with Gasteiger partial charge in [0.1, 0.15) is 17.3 Å². The zero-order valence-electron chi connectivity index (χ0n) is 21.8. The van der Waals surface area contributed by atoms with Crippen molar-refractivity contribution in [2.75, 3.05) is 39.4 Å². The van der Waals surface area contributed by atoms with Gasteiger partial charge in [0, 0.05) is 12.1 Å². The molecule has 7 nitrogen and oxygen atoms in total. The summed E-state index contributed by atoms with van der Waals surface area (Å²) >= 11 is 0. The minimum Gasteiger partial charge on any atom is -0.507 e. The molecule has 3 rings (SSSR count). The van der Waals surface area contributed by atoms with Crippen molar-refractivity contribution in [2.45, 2.75) is 46.6 Å². The highest BCUT2D eigenvalue weighted by Crippen LogP contribution is 2.40. The van der Waals surface area contributed by atoms with E-state index in [0.29, 0.717) is 31.1 Å². The monoisotopic (exact) mass is 494 g/mol. The Morgan fingerprint density at radius 2 is 1.69 bits per heavy atom. The Morgan fingerprint density at radius 1 is 0.972 bits per heavy atom. The molecule has 1 amide bonds. The Kier molecular flexibility index (Phi) is 9.94. The maximum Gasteiger partial charge on any atom is 0.295 e. The molecular weight excluding hydrogens is 456 g/mol. The van der Waals surface area contributed by atoms with Crippen LogP contribution in [0.2, 0.25) is 0 Å². The lowest BCUT2D eigenvalue weighted by atomic mass is 9.95. The third-order valence-electron chi connectivity index (χ3n) is 6.39. The number of hydrogen-bond donors (Lipinski definition) is 1. The number of nitrogens with zero attached hydrogens (tertiary/aromatic N) is 2. The molecule has 1 aliphatic rings. The fourth-order valence-electron chi connectivity index (χ4n) is 4.48. The number of rotatable bonds is 13. The van der Waals surface area contributed by atoms with Gasteiger partial charge in [-0.3, -0.25) is 9.59 Å². The zero-order valence-corrected chi connectivity index (χ0v) is 21.8. The first-order chi connectivity index (χ1) is 17.4. The van der Waals surface area contributed by atoms with Crippen molar-refractivity contribution < 1.29 is 24.2 Å². The van der Waals surface area contributed by atoms with Gasteiger partial charge in [0.2, 0.25) is 0 Å². The molecule has 0 saturated carbocycles. The number of carbonyl (C=O) groups is 2. The van der Waals surface area contributed by atoms with E-state index in [9.17, 15) is 14.7 Å². The van der Waals surface area contributed by atoms with E-state index in [1.165, 1.54) is 0 Å². The number of benzene rings is 2. The lowest BCUT2D eigenvalue weighted by Gasteiger charge is -2.27. The van der Waals surface area contributed by atoms with Crippen LogP contribution in [-0.4, -0.2) is 66.0 Å². The number of aliphatic hydroxyl groups excluding tert-OH is 1. The first kappa shape index (κ1) is 27.3. The van der Waals surface area contributed by atoms with Crippen LogP contribution in [-0.2, 0) is 9.59 Å². The van der Waals surface area contributed by atoms with E-state index in [1.54, 1.807) is 29.2 Å². The van der Waals surface area contributed by atoms with Crippen LogP contribution in [0.1, 0.15) is 57.7 Å². The quantitative estimate of drug-likeness (QED) is 0.239. The summed E-state index contributed by atoms with van der Waals surface area (Å²) in [5.41, 5.74) is 1.29. The van der Waals surface area contributed by atoms with E-state index in [-0.39, 0.29) is 11.3 Å². The molecule has 2 aromatic rings. The molecule has 0 radical (unpaired) electrons. The molecule has 2 aromatic carbocycles. The van der Waals surface area contributed by atoms with Gasteiger partial charge in [0.05, 0.1) is 24.8 Å². The van der Waals surface area contributed by atoms with Crippen LogP contribution in [0.3, 0.4) is 0 Å². The number of carbonyl (C=O) groups excluding carboxylic acids is 2. The minimum atomic E-state index is -0.683. The molecule has 0 aromatic heterocycles. The Bertz CT molecular complexity index is 1060. The van der Waals surface area contributed by atoms with E-state index in [4.69, 9.17) is 9.47 Å². The molecule has 0 bridgehead atoms. The molecule has 1 heterocycles. The highest BCUT2D eigenvalue weighted by atomic mass is 16.5. The second-order valence-corrected chi connectivity index (χ2v) is 8.75. The number of Topliss-reactive ketones (excluding diaryl/α,β-unsaturated/α-hetero) is 1. The standard InChI is InChI=1S/C29H38N2O5/c1-5-19-36-23-15-13-21(14-16-23)26-25(27(32)22-11-9-12-24(20-22)35-8-4)28(33)29(34)31(26)18-10-17-30(6-2)7-3/h9,11-16,20,26,32H,5-8,10,17-19H2,1-4H3. The van der Waals surface area contributed by atoms with Gasteiger partial charge in [-0.25, -0.2) is 0 Å². The van der Waals surface area contributed by atoms with Gasteiger partial charge in [-0.1, -0.05) is 45.0 Å². The van der Waals surface area contributed by atoms with Gasteiger partial charge in [0.25, 0.3) is 11.7 Å². The fourth-order valence-corrected chi connectivity index (χ4v) is 4.48. The molecule has 1 aliphatic heterocycles. The lowest BCUT2D eigenvalue weighted by Crippen LogP contribution is -2.33. The van der Waals surface area contributed by atoms with Crippen LogP contribution in [0.25, 0.3) is 5.76 Å². The number of amides is 1. The molecule has 1 N–H and O–H groups in total. The normalized spacial score (nSPS) is 17.1. The van der Waals surface area contributed by atoms with Crippen molar-refractivity contribution in [3.8, 4) is 11.5 Å². The molecule has 36 heavy (non-hydrogen) atoms. The molecule has 0 spiro atoms. The van der Waals surface area contributed by atoms with E-state index < -0.39 is 17.7 Å². The zero-order chi connectivity index (χ0) is 26.1. The van der Waals surface area contributed by atoms with Crippen molar-refractivity contribution in [1.29, 1.82) is 0 Å². The smallest absolute Gasteiger partial charge is 0.295 e. The van der Waals surface area contributed by atoms with E-state index in [0.717, 1.165) is 43.8 Å². The van der Waals surface area contributed by atoms with Crippen molar-refractivity contribution >= 4 is 17.4 Å². The number of ketones is 1. The van der Waals surface area contributed by atoms with Crippen molar-refractivity contribution in [3.05, 3.63) is 65.2 Å². The van der Waals surface area contributed by atoms with Crippen molar-refractivity contribution in [2.24, 2.45) is 0 Å². The Morgan fingerprint density at radius 3 is 2.33 bits per heavy atom. The third-order valence-corrected chi connectivity index (χ3v) is 6.39. The average molecular weight is 495 g/mol. The van der Waals surface area contributed by atoms with Gasteiger partial charge in [-0.05, 0) is 69.2 Å². The summed E-state index contributed by atoms with van der Waals surface area (Å²) < 4.78 is 11.3. The summed E-state index contributed by atoms with van der Waals surface area (Å²) in [6.45, 7) is 12.3. The second kappa shape index (κ2) is 13.1. The largest absolute Gasteiger partial charge is 0.507 e. The van der Waals surface area contributed by atoms with E-state index >= 15 is 0 Å². The van der Waals surface area contributed by atoms with Crippen LogP contribution >= 0.6 is 0 Å². The van der Waals surface area contributed by atoms with Crippen LogP contribution in [0.4, 0.5) is 0 Å². The molecule has 1 unspecified atom stereocenters. The molecule has 0 aliphatic carbocycles. The van der Waals surface area contributed by atoms with Crippen molar-refractivity contribution in [1.82, 2.24) is 9.80 Å². The number of aliphatic hydroxyl groups is 1. The average Bonchev–Trinajstić information content (AvgIpc) is 3.15. The van der Waals surface area contributed by atoms with Gasteiger partial charge in [-0.2, -0.15) is 0 Å². The van der Waals surface area contributed by atoms with E-state index in [2.05, 4.69) is 18.7 Å². The van der Waals surface area contributed by atoms with Crippen molar-refractivity contribution in [3.63, 3.8) is 0 Å². The highest BCUT2D eigenvalue weighted by Gasteiger charge is 2.45. The number of hydrogen-bond acceptors (Lipinski definition) is 6. The summed E-state index contributed by atoms with van der Waals surface area (Å²) in [4.78, 5) is 30.3. The molecule has 1 atom stereocenters. The minimum absolute atomic E-state index is 0.0960. The van der Waals surface area contributed by atoms with Gasteiger partial charge < -0.3 is 24.4 Å². The summed E-state index contributed by atoms with van der Waals surface area (Å²) in [5, 5.41) is 11.3. The molecule has 1 saturated heterocycles. The molecular formula is C29H38N2O5. The second-order valence-electron chi connectivity index (χ2n) is 8.75. The SMILES string of the molecule is CCCOc1ccc(C2C(=C(O)c3cccc(OCC)c3)C(=O)C(=O)N2CCCN(CC)CC)cc1. The summed E-state index contributed by atoms with van der Waals surface area (Å²) in [6.07, 6.45) is 1.62. The summed E-state index contributed by atoms with van der Waals surface area (Å²) in [6, 6.07) is 13.7. The van der Waals surface area contributed by atoms with Crippen LogP contribution in [0.5, 0.6) is 11.5 Å². The predicted octanol–water partition coefficient (Wildman–Crippen LogP) is 5.03. The molecule has 1 fully saturated rings. The van der Waals surface area contributed by atoms with Crippen LogP contribution in [0, 0.1) is 0 Å². The third kappa shape index (κ3) is 6.26. The van der Waals surface area contributed by atoms with Crippen LogP contribution in [0.15, 0.2) is 54.1 Å². The first-order valence-electron chi connectivity index (χ1n) is 12.9. The van der Waals surface area contributed by atoms with Gasteiger partial charge in [0.15, 0.2) is 0 Å². The lowest BCUT2D eigenvalue weighted by molar-refractivity contribution is -0.140. The predicted molar refractivity (Wildman–Crippen MR) is 141 cm³/mol. The summed E-state index contributed by atoms with van der Waals surface area (Å²) in [7, 11) is 0. The molecule has 7 heteroatoms. The summed E-state index contributed by atoms with van der Waals surface area (Å²) in [5.74, 6) is -0.147. The maximum absolute atomic E-state index is 13.3. The van der Waals surface area contributed by atoms with Gasteiger partial charge in [-0.15, -0.1) is 0 Å². The number of ether oxygens (including phenoxy) is 2. The Hall–Kier alpha value is -3.32. The first-order valence-corrected chi connectivity index (χ1v) is 12.9. The number of likely N-dealkylation sites (tertiary alicyclic amines) is 1. The van der Waals surface area contributed by atoms with Gasteiger partial charge >= 0.3 is 0 Å². The Balaban J connectivity index is 2.01. The Labute approximate surface area is 214 Å². The maximum atomic E-state index is 13.3. The van der Waals surface area contributed by atoms with E-state index in [1.807, 2.05) is 38.1 Å². The van der Waals surface area contributed by atoms with Crippen LogP contribution < -0.4 is 9.47 Å². The molecule has 194 valence electrons. The fraction of sp³-hybridized carbons (Fsp3) is 0.448.